The molecule has 3 heteroatoms. The molecule has 112 valence electrons. The molecule has 2 nitrogen and oxygen atoms in total. The topological polar surface area (TPSA) is 29.1 Å². The van der Waals surface area contributed by atoms with E-state index in [9.17, 15) is 9.18 Å². The molecule has 0 saturated heterocycles. The summed E-state index contributed by atoms with van der Waals surface area (Å²) in [6.07, 6.45) is 7.09. The Bertz CT molecular complexity index is 388. The molecule has 0 heterocycles. The summed E-state index contributed by atoms with van der Waals surface area (Å²) in [7, 11) is 0. The number of halogens is 1. The second-order valence-electron chi connectivity index (χ2n) is 5.44. The molecule has 20 heavy (non-hydrogen) atoms. The fraction of sp³-hybridized carbons (Fsp3) is 0.588. The summed E-state index contributed by atoms with van der Waals surface area (Å²) in [6, 6.07) is 6.58. The molecule has 0 aliphatic carbocycles. The van der Waals surface area contributed by atoms with Crippen molar-refractivity contribution < 1.29 is 9.18 Å². The summed E-state index contributed by atoms with van der Waals surface area (Å²) in [6.45, 7) is 4.25. The molecule has 0 aliphatic heterocycles. The molecular weight excluding hydrogens is 253 g/mol. The van der Waals surface area contributed by atoms with Gasteiger partial charge in [0, 0.05) is 12.5 Å². The van der Waals surface area contributed by atoms with Crippen LogP contribution in [0.1, 0.15) is 57.9 Å². The summed E-state index contributed by atoms with van der Waals surface area (Å²) < 4.78 is 12.8. The van der Waals surface area contributed by atoms with Crippen molar-refractivity contribution in [2.45, 2.75) is 64.8 Å². The third-order valence-corrected chi connectivity index (χ3v) is 3.45. The molecule has 1 atom stereocenters. The lowest BCUT2D eigenvalue weighted by molar-refractivity contribution is -0.121. The molecule has 1 aromatic rings. The molecule has 0 bridgehead atoms. The number of benzene rings is 1. The van der Waals surface area contributed by atoms with Gasteiger partial charge in [-0.3, -0.25) is 4.79 Å². The maximum atomic E-state index is 12.8. The van der Waals surface area contributed by atoms with Crippen LogP contribution in [0, 0.1) is 5.82 Å². The number of carbonyl (C=O) groups is 1. The van der Waals surface area contributed by atoms with Gasteiger partial charge in [-0.15, -0.1) is 0 Å². The first kappa shape index (κ1) is 16.7. The van der Waals surface area contributed by atoms with E-state index in [-0.39, 0.29) is 17.8 Å². The maximum absolute atomic E-state index is 12.8. The Morgan fingerprint density at radius 2 is 1.90 bits per heavy atom. The standard InChI is InChI=1S/C17H26FNO/c1-3-4-5-6-7-14(2)19-17(20)13-10-15-8-11-16(18)12-9-15/h8-9,11-12,14H,3-7,10,13H2,1-2H3,(H,19,20). The second-order valence-corrected chi connectivity index (χ2v) is 5.44. The Balaban J connectivity index is 2.17. The van der Waals surface area contributed by atoms with Crippen molar-refractivity contribution in [3.63, 3.8) is 0 Å². The van der Waals surface area contributed by atoms with Gasteiger partial charge in [0.2, 0.25) is 5.91 Å². The Morgan fingerprint density at radius 3 is 2.55 bits per heavy atom. The van der Waals surface area contributed by atoms with Crippen molar-refractivity contribution in [2.24, 2.45) is 0 Å². The minimum atomic E-state index is -0.237. The van der Waals surface area contributed by atoms with Crippen LogP contribution >= 0.6 is 0 Å². The fourth-order valence-electron chi connectivity index (χ4n) is 2.21. The highest BCUT2D eigenvalue weighted by Gasteiger charge is 2.07. The predicted molar refractivity (Wildman–Crippen MR) is 81.1 cm³/mol. The summed E-state index contributed by atoms with van der Waals surface area (Å²) in [4.78, 5) is 11.8. The van der Waals surface area contributed by atoms with Crippen molar-refractivity contribution in [1.29, 1.82) is 0 Å². The van der Waals surface area contributed by atoms with Crippen LogP contribution in [0.5, 0.6) is 0 Å². The molecule has 0 radical (unpaired) electrons. The second kappa shape index (κ2) is 9.51. The zero-order valence-electron chi connectivity index (χ0n) is 12.6. The molecular formula is C17H26FNO. The molecule has 1 unspecified atom stereocenters. The molecule has 1 N–H and O–H groups in total. The smallest absolute Gasteiger partial charge is 0.220 e. The van der Waals surface area contributed by atoms with E-state index >= 15 is 0 Å². The highest BCUT2D eigenvalue weighted by molar-refractivity contribution is 5.76. The number of hydrogen-bond acceptors (Lipinski definition) is 1. The van der Waals surface area contributed by atoms with Gasteiger partial charge in [-0.2, -0.15) is 0 Å². The maximum Gasteiger partial charge on any atom is 0.220 e. The van der Waals surface area contributed by atoms with Gasteiger partial charge in [0.15, 0.2) is 0 Å². The number of nitrogens with one attached hydrogen (secondary N) is 1. The van der Waals surface area contributed by atoms with Crippen LogP contribution in [-0.4, -0.2) is 11.9 Å². The average Bonchev–Trinajstić information content (AvgIpc) is 2.43. The molecule has 0 fully saturated rings. The highest BCUT2D eigenvalue weighted by Crippen LogP contribution is 2.07. The first-order valence-electron chi connectivity index (χ1n) is 7.65. The minimum absolute atomic E-state index is 0.0808. The Morgan fingerprint density at radius 1 is 1.20 bits per heavy atom. The van der Waals surface area contributed by atoms with E-state index in [2.05, 4.69) is 19.2 Å². The monoisotopic (exact) mass is 279 g/mol. The third-order valence-electron chi connectivity index (χ3n) is 3.45. The van der Waals surface area contributed by atoms with Gasteiger partial charge in [0.25, 0.3) is 0 Å². The molecule has 1 rings (SSSR count). The van der Waals surface area contributed by atoms with Gasteiger partial charge in [0.05, 0.1) is 0 Å². The van der Waals surface area contributed by atoms with E-state index in [0.29, 0.717) is 12.8 Å². The third kappa shape index (κ3) is 7.27. The first-order valence-corrected chi connectivity index (χ1v) is 7.65. The van der Waals surface area contributed by atoms with E-state index < -0.39 is 0 Å². The van der Waals surface area contributed by atoms with Crippen molar-refractivity contribution in [3.8, 4) is 0 Å². The number of rotatable bonds is 9. The van der Waals surface area contributed by atoms with Crippen LogP contribution in [-0.2, 0) is 11.2 Å². The molecule has 1 amide bonds. The highest BCUT2D eigenvalue weighted by atomic mass is 19.1. The number of hydrogen-bond donors (Lipinski definition) is 1. The van der Waals surface area contributed by atoms with Crippen LogP contribution in [0.4, 0.5) is 4.39 Å². The molecule has 1 aromatic carbocycles. The zero-order chi connectivity index (χ0) is 14.8. The average molecular weight is 279 g/mol. The van der Waals surface area contributed by atoms with Crippen LogP contribution in [0.3, 0.4) is 0 Å². The van der Waals surface area contributed by atoms with E-state index in [4.69, 9.17) is 0 Å². The van der Waals surface area contributed by atoms with Gasteiger partial charge in [-0.1, -0.05) is 44.7 Å². The van der Waals surface area contributed by atoms with E-state index in [0.717, 1.165) is 12.0 Å². The van der Waals surface area contributed by atoms with E-state index in [1.54, 1.807) is 12.1 Å². The molecule has 0 saturated carbocycles. The van der Waals surface area contributed by atoms with Crippen LogP contribution < -0.4 is 5.32 Å². The van der Waals surface area contributed by atoms with Crippen molar-refractivity contribution in [2.75, 3.05) is 0 Å². The summed E-state index contributed by atoms with van der Waals surface area (Å²) in [5, 5.41) is 3.03. The van der Waals surface area contributed by atoms with E-state index in [1.807, 2.05) is 0 Å². The normalized spacial score (nSPS) is 12.2. The van der Waals surface area contributed by atoms with Crippen LogP contribution in [0.15, 0.2) is 24.3 Å². The van der Waals surface area contributed by atoms with Gasteiger partial charge in [-0.25, -0.2) is 4.39 Å². The minimum Gasteiger partial charge on any atom is -0.354 e. The molecule has 0 aromatic heterocycles. The Kier molecular flexibility index (Phi) is 7.93. The fourth-order valence-corrected chi connectivity index (χ4v) is 2.21. The summed E-state index contributed by atoms with van der Waals surface area (Å²) in [5.41, 5.74) is 0.997. The molecule has 0 spiro atoms. The first-order chi connectivity index (χ1) is 9.61. The number of unbranched alkanes of at least 4 members (excludes halogenated alkanes) is 3. The number of aryl methyl sites for hydroxylation is 1. The Hall–Kier alpha value is -1.38. The van der Waals surface area contributed by atoms with Gasteiger partial charge in [-0.05, 0) is 37.5 Å². The van der Waals surface area contributed by atoms with Crippen molar-refractivity contribution in [3.05, 3.63) is 35.6 Å². The lowest BCUT2D eigenvalue weighted by atomic mass is 10.1. The van der Waals surface area contributed by atoms with Crippen molar-refractivity contribution in [1.82, 2.24) is 5.32 Å². The van der Waals surface area contributed by atoms with Gasteiger partial charge >= 0.3 is 0 Å². The van der Waals surface area contributed by atoms with Crippen LogP contribution in [0.25, 0.3) is 0 Å². The molecule has 0 aliphatic rings. The quantitative estimate of drug-likeness (QED) is 0.673. The summed E-state index contributed by atoms with van der Waals surface area (Å²) >= 11 is 0. The van der Waals surface area contributed by atoms with Crippen LogP contribution in [0.2, 0.25) is 0 Å². The van der Waals surface area contributed by atoms with Gasteiger partial charge < -0.3 is 5.32 Å². The zero-order valence-corrected chi connectivity index (χ0v) is 12.6. The number of amides is 1. The van der Waals surface area contributed by atoms with E-state index in [1.165, 1.54) is 37.8 Å². The van der Waals surface area contributed by atoms with Gasteiger partial charge in [0.1, 0.15) is 5.82 Å². The lowest BCUT2D eigenvalue weighted by Gasteiger charge is -2.13. The Labute approximate surface area is 121 Å². The predicted octanol–water partition coefficient (Wildman–Crippen LogP) is 4.23. The lowest BCUT2D eigenvalue weighted by Crippen LogP contribution is -2.32. The largest absolute Gasteiger partial charge is 0.354 e. The number of carbonyl (C=O) groups excluding carboxylic acids is 1. The van der Waals surface area contributed by atoms with Crippen molar-refractivity contribution >= 4 is 5.91 Å². The summed E-state index contributed by atoms with van der Waals surface area (Å²) in [5.74, 6) is -0.156. The SMILES string of the molecule is CCCCCCC(C)NC(=O)CCc1ccc(F)cc1.